The Kier molecular flexibility index (Phi) is 11.4. The number of aryl methyl sites for hydroxylation is 1. The lowest BCUT2D eigenvalue weighted by Gasteiger charge is -2.29. The topological polar surface area (TPSA) is 206 Å². The summed E-state index contributed by atoms with van der Waals surface area (Å²) in [6.07, 6.45) is 7.81. The van der Waals surface area contributed by atoms with Crippen LogP contribution in [0.4, 0.5) is 9.59 Å². The Morgan fingerprint density at radius 3 is 1.77 bits per heavy atom. The molecule has 2 fully saturated rings. The van der Waals surface area contributed by atoms with Gasteiger partial charge in [-0.2, -0.15) is 0 Å². The molecule has 0 spiro atoms. The van der Waals surface area contributed by atoms with Crippen LogP contribution in [-0.2, 0) is 32.5 Å². The number of hydrogen-bond acceptors (Lipinski definition) is 9. The molecule has 3 aromatic heterocycles. The summed E-state index contributed by atoms with van der Waals surface area (Å²) in [6, 6.07) is 15.0. The molecular formula is C41H48N10O6. The lowest BCUT2D eigenvalue weighted by atomic mass is 10.0. The fourth-order valence-electron chi connectivity index (χ4n) is 7.76. The predicted molar refractivity (Wildman–Crippen MR) is 210 cm³/mol. The van der Waals surface area contributed by atoms with E-state index < -0.39 is 24.3 Å². The Balaban J connectivity index is 1.00. The average Bonchev–Trinajstić information content (AvgIpc) is 4.06. The summed E-state index contributed by atoms with van der Waals surface area (Å²) in [5, 5.41) is 2.70. The maximum Gasteiger partial charge on any atom is 0.407 e. The number of H-pyrrole nitrogens is 2. The highest BCUT2D eigenvalue weighted by atomic mass is 16.6. The Bertz CT molecular complexity index is 2210. The summed E-state index contributed by atoms with van der Waals surface area (Å²) in [6.45, 7) is 4.74. The van der Waals surface area contributed by atoms with Crippen LogP contribution in [0.2, 0.25) is 0 Å². The summed E-state index contributed by atoms with van der Waals surface area (Å²) in [5.74, 6) is 0.678. The Labute approximate surface area is 330 Å². The molecule has 57 heavy (non-hydrogen) atoms. The number of methoxy groups -OCH3 is 1. The molecule has 2 aromatic carbocycles. The number of carbonyl (C=O) groups is 4. The van der Waals surface area contributed by atoms with Crippen LogP contribution in [-0.4, -0.2) is 95.6 Å². The maximum atomic E-state index is 13.8. The molecule has 4 atom stereocenters. The fourth-order valence-corrected chi connectivity index (χ4v) is 7.76. The van der Waals surface area contributed by atoms with Crippen molar-refractivity contribution < 1.29 is 28.7 Å². The van der Waals surface area contributed by atoms with Gasteiger partial charge in [-0.3, -0.25) is 9.59 Å². The maximum absolute atomic E-state index is 13.8. The van der Waals surface area contributed by atoms with Crippen molar-refractivity contribution >= 4 is 24.0 Å². The number of ether oxygens (including phenoxy) is 2. The van der Waals surface area contributed by atoms with Crippen LogP contribution in [0.5, 0.6) is 0 Å². The summed E-state index contributed by atoms with van der Waals surface area (Å²) >= 11 is 0. The van der Waals surface area contributed by atoms with Crippen molar-refractivity contribution in [2.45, 2.75) is 70.2 Å². The van der Waals surface area contributed by atoms with E-state index in [1.807, 2.05) is 51.4 Å². The van der Waals surface area contributed by atoms with Crippen LogP contribution in [0.1, 0.15) is 69.0 Å². The van der Waals surface area contributed by atoms with Crippen molar-refractivity contribution in [2.24, 2.45) is 18.7 Å². The van der Waals surface area contributed by atoms with E-state index >= 15 is 0 Å². The first kappa shape index (κ1) is 38.8. The van der Waals surface area contributed by atoms with Crippen LogP contribution in [0.15, 0.2) is 73.4 Å². The van der Waals surface area contributed by atoms with Crippen molar-refractivity contribution in [1.82, 2.24) is 44.6 Å². The molecular weight excluding hydrogens is 729 g/mol. The Morgan fingerprint density at radius 2 is 1.32 bits per heavy atom. The second-order valence-corrected chi connectivity index (χ2v) is 14.9. The summed E-state index contributed by atoms with van der Waals surface area (Å²) in [7, 11) is 3.12. The Morgan fingerprint density at radius 1 is 0.807 bits per heavy atom. The number of nitrogens with two attached hydrogens (primary N) is 1. The molecule has 5 aromatic rings. The van der Waals surface area contributed by atoms with Crippen LogP contribution in [0, 0.1) is 5.92 Å². The smallest absolute Gasteiger partial charge is 0.407 e. The number of nitrogens with zero attached hydrogens (tertiary/aromatic N) is 6. The minimum absolute atomic E-state index is 0.212. The van der Waals surface area contributed by atoms with Gasteiger partial charge >= 0.3 is 12.2 Å². The number of aromatic nitrogens is 6. The molecule has 2 aliphatic heterocycles. The number of likely N-dealkylation sites (tertiary alicyclic amines) is 2. The third kappa shape index (κ3) is 8.54. The van der Waals surface area contributed by atoms with Gasteiger partial charge in [-0.05, 0) is 53.9 Å². The van der Waals surface area contributed by atoms with E-state index in [4.69, 9.17) is 15.2 Å². The molecule has 0 saturated carbocycles. The third-order valence-corrected chi connectivity index (χ3v) is 10.7. The van der Waals surface area contributed by atoms with Crippen LogP contribution in [0.25, 0.3) is 33.6 Å². The predicted octanol–water partition coefficient (Wildman–Crippen LogP) is 5.28. The van der Waals surface area contributed by atoms with Gasteiger partial charge in [0.15, 0.2) is 6.10 Å². The van der Waals surface area contributed by atoms with Crippen LogP contribution < -0.4 is 11.1 Å². The van der Waals surface area contributed by atoms with Gasteiger partial charge in [0, 0.05) is 32.8 Å². The number of benzene rings is 2. The van der Waals surface area contributed by atoms with Crippen molar-refractivity contribution in [3.05, 3.63) is 90.8 Å². The minimum Gasteiger partial charge on any atom is -0.453 e. The third-order valence-electron chi connectivity index (χ3n) is 10.7. The van der Waals surface area contributed by atoms with Gasteiger partial charge in [0.1, 0.15) is 17.7 Å². The van der Waals surface area contributed by atoms with E-state index in [-0.39, 0.29) is 36.2 Å². The molecule has 16 heteroatoms. The van der Waals surface area contributed by atoms with Crippen molar-refractivity contribution in [3.8, 4) is 33.6 Å². The van der Waals surface area contributed by atoms with Gasteiger partial charge < -0.3 is 44.9 Å². The zero-order chi connectivity index (χ0) is 40.2. The van der Waals surface area contributed by atoms with E-state index in [0.717, 1.165) is 59.3 Å². The summed E-state index contributed by atoms with van der Waals surface area (Å²) < 4.78 is 11.8. The molecule has 0 bridgehead atoms. The highest BCUT2D eigenvalue weighted by Crippen LogP contribution is 2.35. The summed E-state index contributed by atoms with van der Waals surface area (Å²) in [5.41, 5.74) is 11.6. The summed E-state index contributed by atoms with van der Waals surface area (Å²) in [4.78, 5) is 74.9. The van der Waals surface area contributed by atoms with Crippen LogP contribution in [0.3, 0.4) is 0 Å². The first-order valence-electron chi connectivity index (χ1n) is 19.2. The highest BCUT2D eigenvalue weighted by Gasteiger charge is 2.39. The van der Waals surface area contributed by atoms with Crippen LogP contribution >= 0.6 is 0 Å². The molecule has 5 heterocycles. The van der Waals surface area contributed by atoms with Gasteiger partial charge in [-0.1, -0.05) is 62.4 Å². The monoisotopic (exact) mass is 776 g/mol. The van der Waals surface area contributed by atoms with Gasteiger partial charge in [0.2, 0.25) is 5.91 Å². The number of imidazole rings is 3. The lowest BCUT2D eigenvalue weighted by Crippen LogP contribution is -2.49. The van der Waals surface area contributed by atoms with E-state index in [9.17, 15) is 19.2 Å². The standard InChI is InChI=1S/C41H48N10O6/c1-24(2)35(57-40(42)54)39(53)51-18-6-8-34(51)37-44-21-32(47-37)28-15-11-26(12-16-28)25-9-13-27(14-10-25)31-20-43-36(46-31)33-7-5-17-50(33)38(52)30(48-41(55)56-4)19-29-22-49(3)23-45-29/h9-16,20-24,30,33-35H,5-8,17-19H2,1-4H3,(H2,42,54)(H,43,46)(H,44,47)(H,48,55)/t30-,33-,34-,35-/m0/s1. The number of nitrogens with one attached hydrogen (secondary N) is 3. The molecule has 16 nitrogen and oxygen atoms in total. The van der Waals surface area contributed by atoms with Gasteiger partial charge in [-0.15, -0.1) is 0 Å². The quantitative estimate of drug-likeness (QED) is 0.130. The number of alkyl carbamates (subject to hydrolysis) is 1. The lowest BCUT2D eigenvalue weighted by molar-refractivity contribution is -0.143. The molecule has 5 N–H and O–H groups in total. The second kappa shape index (κ2) is 16.7. The zero-order valence-corrected chi connectivity index (χ0v) is 32.5. The number of primary amides is 1. The Hall–Kier alpha value is -6.45. The van der Waals surface area contributed by atoms with E-state index in [0.29, 0.717) is 30.4 Å². The molecule has 0 radical (unpaired) electrons. The molecule has 2 aliphatic rings. The number of carbonyl (C=O) groups excluding carboxylic acids is 4. The normalized spacial score (nSPS) is 17.8. The molecule has 4 amide bonds. The molecule has 0 aliphatic carbocycles. The van der Waals surface area contributed by atoms with Gasteiger partial charge in [0.25, 0.3) is 5.91 Å². The first-order chi connectivity index (χ1) is 27.5. The van der Waals surface area contributed by atoms with Crippen molar-refractivity contribution in [2.75, 3.05) is 20.2 Å². The van der Waals surface area contributed by atoms with Gasteiger partial charge in [-0.25, -0.2) is 24.5 Å². The molecule has 298 valence electrons. The molecule has 2 saturated heterocycles. The van der Waals surface area contributed by atoms with Crippen molar-refractivity contribution in [1.29, 1.82) is 0 Å². The average molecular weight is 777 g/mol. The largest absolute Gasteiger partial charge is 0.453 e. The van der Waals surface area contributed by atoms with Crippen molar-refractivity contribution in [3.63, 3.8) is 0 Å². The van der Waals surface area contributed by atoms with E-state index in [2.05, 4.69) is 54.5 Å². The zero-order valence-electron chi connectivity index (χ0n) is 32.5. The fraction of sp³-hybridized carbons (Fsp3) is 0.390. The number of rotatable bonds is 12. The number of aromatic amines is 2. The minimum atomic E-state index is -0.966. The van der Waals surface area contributed by atoms with E-state index in [1.54, 1.807) is 33.1 Å². The van der Waals surface area contributed by atoms with E-state index in [1.165, 1.54) is 7.11 Å². The van der Waals surface area contributed by atoms with Gasteiger partial charge in [0.05, 0.1) is 55.0 Å². The molecule has 7 rings (SSSR count). The first-order valence-corrected chi connectivity index (χ1v) is 19.2. The SMILES string of the molecule is COC(=O)N[C@@H](Cc1cn(C)cn1)C(=O)N1CCC[C@H]1c1ncc(-c2ccc(-c3ccc(-c4cnc([C@@H]5CCCN5C(=O)[C@@H](OC(N)=O)C(C)C)[nH]4)cc3)cc2)[nH]1. The highest BCUT2D eigenvalue weighted by molar-refractivity contribution is 5.86. The second-order valence-electron chi connectivity index (χ2n) is 14.9. The number of amides is 4. The molecule has 0 unspecified atom stereocenters. The number of hydrogen-bond donors (Lipinski definition) is 4.